The van der Waals surface area contributed by atoms with Crippen LogP contribution < -0.4 is 5.32 Å². The molecule has 1 aliphatic rings. The highest BCUT2D eigenvalue weighted by Gasteiger charge is 2.27. The molecule has 1 N–H and O–H groups in total. The summed E-state index contributed by atoms with van der Waals surface area (Å²) in [5.41, 5.74) is 1.69. The maximum atomic E-state index is 14.4. The molecule has 1 saturated heterocycles. The van der Waals surface area contributed by atoms with E-state index in [0.717, 1.165) is 12.8 Å². The van der Waals surface area contributed by atoms with Gasteiger partial charge in [-0.2, -0.15) is 4.31 Å². The van der Waals surface area contributed by atoms with Crippen LogP contribution in [0.3, 0.4) is 0 Å². The molecule has 0 radical (unpaired) electrons. The Balaban J connectivity index is 1.47. The molecule has 34 heavy (non-hydrogen) atoms. The second-order valence-electron chi connectivity index (χ2n) is 8.07. The number of benzene rings is 2. The van der Waals surface area contributed by atoms with E-state index < -0.39 is 21.7 Å². The van der Waals surface area contributed by atoms with Crippen LogP contribution in [0.15, 0.2) is 64.0 Å². The van der Waals surface area contributed by atoms with E-state index in [0.29, 0.717) is 29.9 Å². The minimum absolute atomic E-state index is 0.121. The van der Waals surface area contributed by atoms with Crippen LogP contribution >= 0.6 is 0 Å². The maximum absolute atomic E-state index is 14.4. The van der Waals surface area contributed by atoms with Gasteiger partial charge >= 0.3 is 0 Å². The number of aryl methyl sites for hydroxylation is 1. The first-order valence-corrected chi connectivity index (χ1v) is 12.2. The molecular weight excluding hydrogens is 459 g/mol. The highest BCUT2D eigenvalue weighted by molar-refractivity contribution is 7.89. The largest absolute Gasteiger partial charge is 0.335 e. The molecule has 10 heteroatoms. The van der Waals surface area contributed by atoms with Gasteiger partial charge in [-0.25, -0.2) is 17.8 Å². The van der Waals surface area contributed by atoms with E-state index in [9.17, 15) is 17.6 Å². The molecule has 2 aromatic carbocycles. The summed E-state index contributed by atoms with van der Waals surface area (Å²) in [5, 5.41) is 7.09. The third-order valence-electron chi connectivity index (χ3n) is 5.83. The SMILES string of the molecule is Cc1noc2nc(-c3ccccc3F)cc(C(=O)Nc3ccc(S(=O)(=O)N4CCCC4)cc3)c12. The van der Waals surface area contributed by atoms with Crippen LogP contribution in [0, 0.1) is 12.7 Å². The zero-order chi connectivity index (χ0) is 23.9. The van der Waals surface area contributed by atoms with Crippen molar-refractivity contribution in [2.24, 2.45) is 0 Å². The lowest BCUT2D eigenvalue weighted by molar-refractivity contribution is 0.102. The average molecular weight is 481 g/mol. The number of sulfonamides is 1. The molecule has 0 atom stereocenters. The molecule has 174 valence electrons. The van der Waals surface area contributed by atoms with E-state index in [1.54, 1.807) is 25.1 Å². The van der Waals surface area contributed by atoms with Crippen LogP contribution in [0.25, 0.3) is 22.4 Å². The number of carbonyl (C=O) groups is 1. The number of amides is 1. The van der Waals surface area contributed by atoms with Crippen molar-refractivity contribution in [1.82, 2.24) is 14.4 Å². The van der Waals surface area contributed by atoms with Crippen molar-refractivity contribution < 1.29 is 22.1 Å². The number of nitrogens with zero attached hydrogens (tertiary/aromatic N) is 3. The van der Waals surface area contributed by atoms with Crippen LogP contribution in [-0.4, -0.2) is 41.9 Å². The minimum Gasteiger partial charge on any atom is -0.335 e. The summed E-state index contributed by atoms with van der Waals surface area (Å²) < 4.78 is 46.5. The van der Waals surface area contributed by atoms with Gasteiger partial charge in [-0.05, 0) is 62.2 Å². The molecule has 4 aromatic rings. The van der Waals surface area contributed by atoms with Gasteiger partial charge in [0.15, 0.2) is 0 Å². The Labute approximate surface area is 195 Å². The Kier molecular flexibility index (Phi) is 5.62. The molecule has 1 aliphatic heterocycles. The second-order valence-corrected chi connectivity index (χ2v) is 10.0. The third kappa shape index (κ3) is 3.95. The van der Waals surface area contributed by atoms with Gasteiger partial charge in [0, 0.05) is 24.3 Å². The van der Waals surface area contributed by atoms with Gasteiger partial charge in [-0.1, -0.05) is 17.3 Å². The fourth-order valence-corrected chi connectivity index (χ4v) is 5.58. The standard InChI is InChI=1S/C24H21FN4O4S/c1-15-22-19(14-21(27-24(22)33-28-15)18-6-2-3-7-20(18)25)23(30)26-16-8-10-17(11-9-16)34(31,32)29-12-4-5-13-29/h2-3,6-11,14H,4-5,12-13H2,1H3,(H,26,30). The number of rotatable bonds is 5. The number of halogens is 1. The van der Waals surface area contributed by atoms with Crippen molar-refractivity contribution in [3.8, 4) is 11.3 Å². The van der Waals surface area contributed by atoms with Gasteiger partial charge in [-0.3, -0.25) is 4.79 Å². The summed E-state index contributed by atoms with van der Waals surface area (Å²) in [6.07, 6.45) is 1.70. The van der Waals surface area contributed by atoms with Crippen LogP contribution in [0.4, 0.5) is 10.1 Å². The second kappa shape index (κ2) is 8.62. The number of hydrogen-bond acceptors (Lipinski definition) is 6. The van der Waals surface area contributed by atoms with Crippen molar-refractivity contribution in [1.29, 1.82) is 0 Å². The third-order valence-corrected chi connectivity index (χ3v) is 7.74. The summed E-state index contributed by atoms with van der Waals surface area (Å²) >= 11 is 0. The van der Waals surface area contributed by atoms with Crippen LogP contribution in [0.5, 0.6) is 0 Å². The highest BCUT2D eigenvalue weighted by Crippen LogP contribution is 2.29. The smallest absolute Gasteiger partial charge is 0.259 e. The monoisotopic (exact) mass is 480 g/mol. The highest BCUT2D eigenvalue weighted by atomic mass is 32.2. The molecule has 2 aromatic heterocycles. The zero-order valence-corrected chi connectivity index (χ0v) is 19.1. The average Bonchev–Trinajstić information content (AvgIpc) is 3.50. The molecule has 1 amide bonds. The van der Waals surface area contributed by atoms with E-state index >= 15 is 0 Å². The molecule has 0 aliphatic carbocycles. The number of aromatic nitrogens is 2. The van der Waals surface area contributed by atoms with Crippen molar-refractivity contribution in [3.63, 3.8) is 0 Å². The molecule has 0 unspecified atom stereocenters. The van der Waals surface area contributed by atoms with E-state index in [2.05, 4.69) is 15.5 Å². The molecule has 0 spiro atoms. The van der Waals surface area contributed by atoms with Crippen molar-refractivity contribution in [3.05, 3.63) is 71.7 Å². The van der Waals surface area contributed by atoms with E-state index in [1.807, 2.05) is 0 Å². The molecule has 5 rings (SSSR count). The molecule has 0 saturated carbocycles. The summed E-state index contributed by atoms with van der Waals surface area (Å²) in [5.74, 6) is -0.960. The van der Waals surface area contributed by atoms with Gasteiger partial charge in [-0.15, -0.1) is 0 Å². The van der Waals surface area contributed by atoms with Crippen LogP contribution in [0.1, 0.15) is 28.9 Å². The summed E-state index contributed by atoms with van der Waals surface area (Å²) in [7, 11) is -3.55. The molecule has 0 bridgehead atoms. The predicted molar refractivity (Wildman–Crippen MR) is 124 cm³/mol. The summed E-state index contributed by atoms with van der Waals surface area (Å²) in [6.45, 7) is 2.72. The number of anilines is 1. The van der Waals surface area contributed by atoms with Gasteiger partial charge < -0.3 is 9.84 Å². The van der Waals surface area contributed by atoms with Crippen LogP contribution in [-0.2, 0) is 10.0 Å². The van der Waals surface area contributed by atoms with Gasteiger partial charge in [0.2, 0.25) is 10.0 Å². The number of nitrogens with one attached hydrogen (secondary N) is 1. The Bertz CT molecular complexity index is 1490. The van der Waals surface area contributed by atoms with Crippen LogP contribution in [0.2, 0.25) is 0 Å². The summed E-state index contributed by atoms with van der Waals surface area (Å²) in [6, 6.07) is 13.6. The Hall–Kier alpha value is -3.63. The van der Waals surface area contributed by atoms with E-state index in [4.69, 9.17) is 4.52 Å². The van der Waals surface area contributed by atoms with E-state index in [-0.39, 0.29) is 27.4 Å². The van der Waals surface area contributed by atoms with Crippen molar-refractivity contribution in [2.75, 3.05) is 18.4 Å². The van der Waals surface area contributed by atoms with E-state index in [1.165, 1.54) is 40.7 Å². The molecule has 3 heterocycles. The fraction of sp³-hybridized carbons (Fsp3) is 0.208. The number of hydrogen-bond donors (Lipinski definition) is 1. The molecule has 1 fully saturated rings. The first-order chi connectivity index (χ1) is 16.3. The van der Waals surface area contributed by atoms with Gasteiger partial charge in [0.05, 0.1) is 27.2 Å². The Morgan fingerprint density at radius 1 is 1.09 bits per heavy atom. The van der Waals surface area contributed by atoms with Gasteiger partial charge in [0.1, 0.15) is 5.82 Å². The lowest BCUT2D eigenvalue weighted by Gasteiger charge is -2.15. The normalized spacial score (nSPS) is 14.5. The molecule has 8 nitrogen and oxygen atoms in total. The number of carbonyl (C=O) groups excluding carboxylic acids is 1. The fourth-order valence-electron chi connectivity index (χ4n) is 4.07. The maximum Gasteiger partial charge on any atom is 0.259 e. The molecular formula is C24H21FN4O4S. The topological polar surface area (TPSA) is 105 Å². The summed E-state index contributed by atoms with van der Waals surface area (Å²) in [4.78, 5) is 17.7. The lowest BCUT2D eigenvalue weighted by Crippen LogP contribution is -2.27. The minimum atomic E-state index is -3.55. The lowest BCUT2D eigenvalue weighted by atomic mass is 10.0. The quantitative estimate of drug-likeness (QED) is 0.455. The predicted octanol–water partition coefficient (Wildman–Crippen LogP) is 4.37. The Morgan fingerprint density at radius 3 is 2.50 bits per heavy atom. The zero-order valence-electron chi connectivity index (χ0n) is 18.3. The number of fused-ring (bicyclic) bond motifs is 1. The first kappa shape index (κ1) is 22.2. The van der Waals surface area contributed by atoms with Gasteiger partial charge in [0.25, 0.3) is 11.6 Å². The Morgan fingerprint density at radius 2 is 1.79 bits per heavy atom. The number of pyridine rings is 1. The van der Waals surface area contributed by atoms with Crippen molar-refractivity contribution in [2.45, 2.75) is 24.7 Å². The van der Waals surface area contributed by atoms with Crippen molar-refractivity contribution >= 4 is 32.7 Å². The first-order valence-electron chi connectivity index (χ1n) is 10.8.